The van der Waals surface area contributed by atoms with Crippen molar-refractivity contribution in [1.29, 1.82) is 0 Å². The molecule has 1 aliphatic rings. The molecule has 0 radical (unpaired) electrons. The number of benzene rings is 4. The first-order valence-electron chi connectivity index (χ1n) is 10.2. The molecule has 0 atom stereocenters. The van der Waals surface area contributed by atoms with Crippen LogP contribution in [-0.4, -0.2) is 11.8 Å². The molecule has 156 valence electrons. The summed E-state index contributed by atoms with van der Waals surface area (Å²) in [6.07, 6.45) is 0. The van der Waals surface area contributed by atoms with Crippen molar-refractivity contribution in [3.05, 3.63) is 114 Å². The van der Waals surface area contributed by atoms with Gasteiger partial charge in [-0.05, 0) is 42.1 Å². The first-order chi connectivity index (χ1) is 15.5. The average Bonchev–Trinajstić information content (AvgIpc) is 3.04. The van der Waals surface area contributed by atoms with E-state index in [1.165, 1.54) is 18.2 Å². The number of nitrogens with zero attached hydrogens (tertiary/aromatic N) is 1. The molecule has 1 heterocycles. The monoisotopic (exact) mass is 422 g/mol. The van der Waals surface area contributed by atoms with E-state index in [-0.39, 0.29) is 17.0 Å². The summed E-state index contributed by atoms with van der Waals surface area (Å²) in [5.41, 5.74) is 2.99. The van der Waals surface area contributed by atoms with Gasteiger partial charge in [-0.3, -0.25) is 9.59 Å². The lowest BCUT2D eigenvalue weighted by Gasteiger charge is -2.15. The number of halogens is 1. The highest BCUT2D eigenvalue weighted by molar-refractivity contribution is 6.46. The normalized spacial score (nSPS) is 13.9. The number of hydrogen-bond donors (Lipinski definition) is 1. The molecule has 4 aromatic rings. The Hall–Kier alpha value is -4.25. The predicted octanol–water partition coefficient (Wildman–Crippen LogP) is 5.68. The van der Waals surface area contributed by atoms with Crippen LogP contribution in [0.5, 0.6) is 0 Å². The fourth-order valence-corrected chi connectivity index (χ4v) is 3.95. The number of rotatable bonds is 4. The van der Waals surface area contributed by atoms with Gasteiger partial charge in [0, 0.05) is 11.1 Å². The number of fused-ring (bicyclic) bond motifs is 1. The van der Waals surface area contributed by atoms with Gasteiger partial charge in [0.05, 0.1) is 11.3 Å². The van der Waals surface area contributed by atoms with Crippen LogP contribution < -0.4 is 10.2 Å². The highest BCUT2D eigenvalue weighted by atomic mass is 19.1. The highest BCUT2D eigenvalue weighted by Gasteiger charge is 2.40. The number of carbonyl (C=O) groups is 2. The van der Waals surface area contributed by atoms with Gasteiger partial charge in [-0.15, -0.1) is 0 Å². The molecular weight excluding hydrogens is 403 g/mol. The molecule has 32 heavy (non-hydrogen) atoms. The lowest BCUT2D eigenvalue weighted by atomic mass is 10.0. The fraction of sp³-hybridized carbons (Fsp3) is 0.0370. The Morgan fingerprint density at radius 2 is 1.50 bits per heavy atom. The summed E-state index contributed by atoms with van der Waals surface area (Å²) in [4.78, 5) is 28.0. The number of imide groups is 1. The Bertz CT molecular complexity index is 1400. The maximum absolute atomic E-state index is 13.9. The van der Waals surface area contributed by atoms with Crippen molar-refractivity contribution >= 4 is 39.5 Å². The maximum Gasteiger partial charge on any atom is 0.282 e. The zero-order valence-electron chi connectivity index (χ0n) is 17.3. The van der Waals surface area contributed by atoms with Crippen LogP contribution in [0.1, 0.15) is 11.1 Å². The average molecular weight is 422 g/mol. The van der Waals surface area contributed by atoms with E-state index in [1.54, 1.807) is 6.07 Å². The molecule has 0 saturated carbocycles. The molecule has 0 spiro atoms. The van der Waals surface area contributed by atoms with Crippen molar-refractivity contribution in [3.8, 4) is 0 Å². The van der Waals surface area contributed by atoms with Crippen molar-refractivity contribution in [3.63, 3.8) is 0 Å². The number of carbonyl (C=O) groups excluding carboxylic acids is 2. The van der Waals surface area contributed by atoms with Crippen LogP contribution in [0.15, 0.2) is 96.7 Å². The van der Waals surface area contributed by atoms with Gasteiger partial charge in [-0.2, -0.15) is 0 Å². The topological polar surface area (TPSA) is 49.4 Å². The first kappa shape index (κ1) is 19.7. The summed E-state index contributed by atoms with van der Waals surface area (Å²) in [6, 6.07) is 26.4. The number of hydrogen-bond acceptors (Lipinski definition) is 3. The number of nitrogens with one attached hydrogen (secondary N) is 1. The molecule has 1 N–H and O–H groups in total. The van der Waals surface area contributed by atoms with Crippen LogP contribution in [-0.2, 0) is 9.59 Å². The van der Waals surface area contributed by atoms with Gasteiger partial charge in [0.25, 0.3) is 11.8 Å². The molecule has 0 bridgehead atoms. The molecule has 4 aromatic carbocycles. The second kappa shape index (κ2) is 7.78. The van der Waals surface area contributed by atoms with Crippen molar-refractivity contribution in [2.75, 3.05) is 10.2 Å². The fourth-order valence-electron chi connectivity index (χ4n) is 3.95. The van der Waals surface area contributed by atoms with Crippen LogP contribution in [0, 0.1) is 12.7 Å². The van der Waals surface area contributed by atoms with E-state index in [1.807, 2.05) is 73.7 Å². The van der Waals surface area contributed by atoms with Gasteiger partial charge in [-0.25, -0.2) is 9.29 Å². The zero-order valence-corrected chi connectivity index (χ0v) is 17.3. The molecule has 2 amide bonds. The van der Waals surface area contributed by atoms with Crippen LogP contribution in [0.4, 0.5) is 15.8 Å². The van der Waals surface area contributed by atoms with Gasteiger partial charge in [-0.1, -0.05) is 72.3 Å². The molecule has 0 saturated heterocycles. The quantitative estimate of drug-likeness (QED) is 0.430. The smallest absolute Gasteiger partial charge is 0.282 e. The molecule has 4 nitrogen and oxygen atoms in total. The van der Waals surface area contributed by atoms with Crippen LogP contribution >= 0.6 is 0 Å². The lowest BCUT2D eigenvalue weighted by Crippen LogP contribution is -2.32. The van der Waals surface area contributed by atoms with E-state index in [2.05, 4.69) is 5.32 Å². The second-order valence-electron chi connectivity index (χ2n) is 7.69. The predicted molar refractivity (Wildman–Crippen MR) is 125 cm³/mol. The maximum atomic E-state index is 13.9. The summed E-state index contributed by atoms with van der Waals surface area (Å²) >= 11 is 0. The lowest BCUT2D eigenvalue weighted by molar-refractivity contribution is -0.120. The Morgan fingerprint density at radius 3 is 2.28 bits per heavy atom. The minimum Gasteiger partial charge on any atom is -0.350 e. The number of amides is 2. The molecule has 0 aliphatic carbocycles. The minimum atomic E-state index is -0.524. The summed E-state index contributed by atoms with van der Waals surface area (Å²) < 4.78 is 13.9. The number of anilines is 2. The van der Waals surface area contributed by atoms with Crippen LogP contribution in [0.3, 0.4) is 0 Å². The Kier molecular flexibility index (Phi) is 4.79. The van der Waals surface area contributed by atoms with Crippen molar-refractivity contribution in [2.45, 2.75) is 6.92 Å². The summed E-state index contributed by atoms with van der Waals surface area (Å²) in [7, 11) is 0. The van der Waals surface area contributed by atoms with Crippen molar-refractivity contribution in [1.82, 2.24) is 0 Å². The SMILES string of the molecule is Cc1ccc(C2=C(Nc3cccc4ccccc34)C(=O)N(c3cccc(F)c3)C2=O)cc1. The molecule has 0 fully saturated rings. The third kappa shape index (κ3) is 3.34. The highest BCUT2D eigenvalue weighted by Crippen LogP contribution is 2.35. The Balaban J connectivity index is 1.66. The van der Waals surface area contributed by atoms with E-state index < -0.39 is 17.6 Å². The largest absolute Gasteiger partial charge is 0.350 e. The first-order valence-corrected chi connectivity index (χ1v) is 10.2. The van der Waals surface area contributed by atoms with Crippen molar-refractivity contribution in [2.24, 2.45) is 0 Å². The third-order valence-electron chi connectivity index (χ3n) is 5.54. The van der Waals surface area contributed by atoms with E-state index in [0.29, 0.717) is 11.3 Å². The standard InChI is InChI=1S/C27H19FN2O2/c1-17-12-14-19(15-13-17)24-25(29-23-11-4-7-18-6-2-3-10-22(18)23)27(32)30(26(24)31)21-9-5-8-20(28)16-21/h2-16,29H,1H3. The molecule has 5 rings (SSSR count). The number of aryl methyl sites for hydroxylation is 1. The third-order valence-corrected chi connectivity index (χ3v) is 5.54. The van der Waals surface area contributed by atoms with Gasteiger partial charge in [0.1, 0.15) is 11.5 Å². The van der Waals surface area contributed by atoms with Gasteiger partial charge in [0.2, 0.25) is 0 Å². The molecular formula is C27H19FN2O2. The molecule has 5 heteroatoms. The van der Waals surface area contributed by atoms with E-state index in [0.717, 1.165) is 21.2 Å². The summed E-state index contributed by atoms with van der Waals surface area (Å²) in [5.74, 6) is -1.54. The van der Waals surface area contributed by atoms with Crippen molar-refractivity contribution < 1.29 is 14.0 Å². The summed E-state index contributed by atoms with van der Waals surface area (Å²) in [6.45, 7) is 1.95. The second-order valence-corrected chi connectivity index (χ2v) is 7.69. The summed E-state index contributed by atoms with van der Waals surface area (Å²) in [5, 5.41) is 5.15. The van der Waals surface area contributed by atoms with Gasteiger partial charge in [0.15, 0.2) is 0 Å². The van der Waals surface area contributed by atoms with E-state index >= 15 is 0 Å². The van der Waals surface area contributed by atoms with Gasteiger partial charge < -0.3 is 5.32 Å². The van der Waals surface area contributed by atoms with Gasteiger partial charge >= 0.3 is 0 Å². The Morgan fingerprint density at radius 1 is 0.781 bits per heavy atom. The Labute approximate surface area is 184 Å². The molecule has 1 aliphatic heterocycles. The minimum absolute atomic E-state index is 0.166. The molecule has 0 unspecified atom stereocenters. The molecule has 0 aromatic heterocycles. The van der Waals surface area contributed by atoms with Crippen LogP contribution in [0.25, 0.3) is 16.3 Å². The van der Waals surface area contributed by atoms with E-state index in [9.17, 15) is 14.0 Å². The zero-order chi connectivity index (χ0) is 22.2. The van der Waals surface area contributed by atoms with E-state index in [4.69, 9.17) is 0 Å². The van der Waals surface area contributed by atoms with Crippen LogP contribution in [0.2, 0.25) is 0 Å².